The van der Waals surface area contributed by atoms with Crippen molar-refractivity contribution in [2.24, 2.45) is 0 Å². The van der Waals surface area contributed by atoms with E-state index < -0.39 is 0 Å². The normalized spacial score (nSPS) is 17.9. The zero-order valence-corrected chi connectivity index (χ0v) is 20.3. The van der Waals surface area contributed by atoms with Crippen molar-refractivity contribution >= 4 is 6.08 Å². The summed E-state index contributed by atoms with van der Waals surface area (Å²) < 4.78 is 0. The highest BCUT2D eigenvalue weighted by molar-refractivity contribution is 5.87. The van der Waals surface area contributed by atoms with E-state index in [-0.39, 0.29) is 5.41 Å². The van der Waals surface area contributed by atoms with Crippen molar-refractivity contribution < 1.29 is 0 Å². The van der Waals surface area contributed by atoms with E-state index in [4.69, 9.17) is 6.42 Å². The molecule has 1 unspecified atom stereocenters. The summed E-state index contributed by atoms with van der Waals surface area (Å²) in [6, 6.07) is 35.6. The van der Waals surface area contributed by atoms with Gasteiger partial charge in [0.25, 0.3) is 0 Å². The number of benzene rings is 4. The molecule has 0 fully saturated rings. The highest BCUT2D eigenvalue weighted by Gasteiger charge is 2.46. The van der Waals surface area contributed by atoms with Gasteiger partial charge in [0.05, 0.1) is 5.41 Å². The van der Waals surface area contributed by atoms with Gasteiger partial charge in [-0.15, -0.1) is 6.42 Å². The van der Waals surface area contributed by atoms with Crippen LogP contribution in [0.25, 0.3) is 17.2 Å². The maximum absolute atomic E-state index is 5.47. The van der Waals surface area contributed by atoms with E-state index in [0.29, 0.717) is 0 Å². The molecule has 0 radical (unpaired) electrons. The summed E-state index contributed by atoms with van der Waals surface area (Å²) in [6.45, 7) is 0. The fourth-order valence-corrected chi connectivity index (χ4v) is 6.03. The summed E-state index contributed by atoms with van der Waals surface area (Å²) in [6.07, 6.45) is 19.5. The van der Waals surface area contributed by atoms with Gasteiger partial charge in [0.2, 0.25) is 0 Å². The zero-order valence-electron chi connectivity index (χ0n) is 20.3. The summed E-state index contributed by atoms with van der Waals surface area (Å²) in [5.74, 6) is 2.62. The molecular formula is C36H28. The fourth-order valence-electron chi connectivity index (χ4n) is 6.03. The van der Waals surface area contributed by atoms with Crippen molar-refractivity contribution in [2.75, 3.05) is 0 Å². The molecule has 36 heavy (non-hydrogen) atoms. The summed E-state index contributed by atoms with van der Waals surface area (Å²) in [5.41, 5.74) is 11.6. The number of rotatable bonds is 5. The van der Waals surface area contributed by atoms with E-state index >= 15 is 0 Å². The van der Waals surface area contributed by atoms with Gasteiger partial charge in [-0.2, -0.15) is 0 Å². The molecule has 0 bridgehead atoms. The third-order valence-corrected chi connectivity index (χ3v) is 7.55. The Morgan fingerprint density at radius 3 is 2.39 bits per heavy atom. The average Bonchev–Trinajstić information content (AvgIpc) is 3.24. The lowest BCUT2D eigenvalue weighted by molar-refractivity contribution is 0.751. The monoisotopic (exact) mass is 460 g/mol. The fraction of sp³-hybridized carbons (Fsp3) is 0.111. The topological polar surface area (TPSA) is 0 Å². The molecule has 0 spiro atoms. The second-order valence-corrected chi connectivity index (χ2v) is 9.56. The van der Waals surface area contributed by atoms with Crippen LogP contribution < -0.4 is 0 Å². The first-order valence-corrected chi connectivity index (χ1v) is 12.7. The van der Waals surface area contributed by atoms with Gasteiger partial charge in [0.15, 0.2) is 0 Å². The number of terminal acetylenes is 1. The van der Waals surface area contributed by atoms with Gasteiger partial charge in [-0.3, -0.25) is 0 Å². The zero-order chi connectivity index (χ0) is 24.4. The Labute approximate surface area is 214 Å². The van der Waals surface area contributed by atoms with Gasteiger partial charge < -0.3 is 0 Å². The van der Waals surface area contributed by atoms with Crippen molar-refractivity contribution in [3.63, 3.8) is 0 Å². The predicted molar refractivity (Wildman–Crippen MR) is 152 cm³/mol. The van der Waals surface area contributed by atoms with Crippen molar-refractivity contribution in [1.29, 1.82) is 0 Å². The first-order chi connectivity index (χ1) is 17.8. The van der Waals surface area contributed by atoms with Gasteiger partial charge >= 0.3 is 0 Å². The smallest absolute Gasteiger partial charge is 0.0710 e. The van der Waals surface area contributed by atoms with Crippen LogP contribution in [0.15, 0.2) is 127 Å². The summed E-state index contributed by atoms with van der Waals surface area (Å²) in [5, 5.41) is 0. The summed E-state index contributed by atoms with van der Waals surface area (Å²) in [4.78, 5) is 0. The van der Waals surface area contributed by atoms with Crippen LogP contribution in [0.1, 0.15) is 46.2 Å². The van der Waals surface area contributed by atoms with Crippen molar-refractivity contribution in [1.82, 2.24) is 0 Å². The van der Waals surface area contributed by atoms with Gasteiger partial charge in [-0.05, 0) is 81.5 Å². The Bertz CT molecular complexity index is 1560. The van der Waals surface area contributed by atoms with Crippen LogP contribution in [0.2, 0.25) is 0 Å². The lowest BCUT2D eigenvalue weighted by Gasteiger charge is -2.35. The minimum atomic E-state index is -0.296. The molecule has 0 amide bonds. The van der Waals surface area contributed by atoms with Gasteiger partial charge in [-0.1, -0.05) is 121 Å². The Hall–Kier alpha value is -4.34. The van der Waals surface area contributed by atoms with E-state index in [0.717, 1.165) is 19.3 Å². The second-order valence-electron chi connectivity index (χ2n) is 9.56. The van der Waals surface area contributed by atoms with E-state index in [2.05, 4.69) is 121 Å². The molecule has 0 saturated carbocycles. The standard InChI is InChI=1S/C36H28/c1-2-3-14-28-15-10-11-16-29(28)25-27-23-24-35-33(26-27)32-21-12-13-22-34(32)36(35,30-17-6-4-7-18-30)31-19-8-5-9-20-31/h1,3-4,6-8,10-24,26H,5,9,25H2/b14-3-. The number of fused-ring (bicyclic) bond motifs is 3. The second kappa shape index (κ2) is 9.37. The molecule has 1 atom stereocenters. The largest absolute Gasteiger partial charge is 0.115 e. The Balaban J connectivity index is 1.55. The molecule has 0 saturated heterocycles. The molecule has 2 aliphatic carbocycles. The third kappa shape index (κ3) is 3.57. The molecule has 4 aromatic carbocycles. The minimum absolute atomic E-state index is 0.296. The SMILES string of the molecule is C#C/C=C\c1ccccc1Cc1ccc2c(c1)-c1ccccc1C2(C1=CCCC=C1)c1ccccc1. The maximum atomic E-state index is 5.47. The predicted octanol–water partition coefficient (Wildman–Crippen LogP) is 8.52. The molecule has 0 heteroatoms. The first kappa shape index (κ1) is 22.1. The van der Waals surface area contributed by atoms with Crippen LogP contribution >= 0.6 is 0 Å². The molecule has 4 aromatic rings. The number of hydrogen-bond donors (Lipinski definition) is 0. The molecule has 0 heterocycles. The van der Waals surface area contributed by atoms with E-state index in [1.807, 2.05) is 6.08 Å². The van der Waals surface area contributed by atoms with Gasteiger partial charge in [0, 0.05) is 0 Å². The van der Waals surface area contributed by atoms with Crippen LogP contribution in [0.4, 0.5) is 0 Å². The molecule has 6 rings (SSSR count). The molecule has 0 aliphatic heterocycles. The van der Waals surface area contributed by atoms with Crippen molar-refractivity contribution in [3.05, 3.63) is 160 Å². The van der Waals surface area contributed by atoms with Gasteiger partial charge in [0.1, 0.15) is 0 Å². The average molecular weight is 461 g/mol. The lowest BCUT2D eigenvalue weighted by atomic mass is 9.66. The third-order valence-electron chi connectivity index (χ3n) is 7.55. The van der Waals surface area contributed by atoms with Crippen LogP contribution in [0.5, 0.6) is 0 Å². The molecule has 0 N–H and O–H groups in total. The Morgan fingerprint density at radius 1 is 0.778 bits per heavy atom. The number of hydrogen-bond acceptors (Lipinski definition) is 0. The van der Waals surface area contributed by atoms with E-state index in [1.165, 1.54) is 50.1 Å². The quantitative estimate of drug-likeness (QED) is 0.262. The van der Waals surface area contributed by atoms with Crippen molar-refractivity contribution in [3.8, 4) is 23.5 Å². The van der Waals surface area contributed by atoms with Gasteiger partial charge in [-0.25, -0.2) is 0 Å². The van der Waals surface area contributed by atoms with E-state index in [1.54, 1.807) is 6.08 Å². The minimum Gasteiger partial charge on any atom is -0.115 e. The maximum Gasteiger partial charge on any atom is 0.0710 e. The van der Waals surface area contributed by atoms with Crippen LogP contribution in [-0.4, -0.2) is 0 Å². The lowest BCUT2D eigenvalue weighted by Crippen LogP contribution is -2.29. The Kier molecular flexibility index (Phi) is 5.76. The molecule has 2 aliphatic rings. The van der Waals surface area contributed by atoms with E-state index in [9.17, 15) is 0 Å². The van der Waals surface area contributed by atoms with Crippen LogP contribution in [0.3, 0.4) is 0 Å². The molecule has 172 valence electrons. The van der Waals surface area contributed by atoms with Crippen LogP contribution in [-0.2, 0) is 11.8 Å². The van der Waals surface area contributed by atoms with Crippen molar-refractivity contribution in [2.45, 2.75) is 24.7 Å². The summed E-state index contributed by atoms with van der Waals surface area (Å²) in [7, 11) is 0. The number of allylic oxidation sites excluding steroid dienone is 5. The summed E-state index contributed by atoms with van der Waals surface area (Å²) >= 11 is 0. The highest BCUT2D eigenvalue weighted by atomic mass is 14.5. The molecule has 0 nitrogen and oxygen atoms in total. The molecular weight excluding hydrogens is 432 g/mol. The highest BCUT2D eigenvalue weighted by Crippen LogP contribution is 2.57. The molecule has 0 aromatic heterocycles. The van der Waals surface area contributed by atoms with Crippen LogP contribution in [0, 0.1) is 12.3 Å². The Morgan fingerprint density at radius 2 is 1.56 bits per heavy atom. The first-order valence-electron chi connectivity index (χ1n) is 12.7.